The van der Waals surface area contributed by atoms with Gasteiger partial charge in [-0.25, -0.2) is 4.98 Å². The van der Waals surface area contributed by atoms with Gasteiger partial charge in [-0.3, -0.25) is 4.79 Å². The van der Waals surface area contributed by atoms with Gasteiger partial charge < -0.3 is 19.5 Å². The smallest absolute Gasteiger partial charge is 0.422 e. The predicted molar refractivity (Wildman–Crippen MR) is 95.1 cm³/mol. The van der Waals surface area contributed by atoms with Crippen LogP contribution in [0.4, 0.5) is 18.9 Å². The lowest BCUT2D eigenvalue weighted by molar-refractivity contribution is -0.154. The molecule has 1 aliphatic carbocycles. The third kappa shape index (κ3) is 4.57. The second-order valence-electron chi connectivity index (χ2n) is 7.61. The molecule has 9 heteroatoms. The summed E-state index contributed by atoms with van der Waals surface area (Å²) in [4.78, 5) is 18.6. The van der Waals surface area contributed by atoms with Gasteiger partial charge >= 0.3 is 6.18 Å². The fourth-order valence-electron chi connectivity index (χ4n) is 3.93. The summed E-state index contributed by atoms with van der Waals surface area (Å²) in [7, 11) is 0. The van der Waals surface area contributed by atoms with Crippen LogP contribution in [0.15, 0.2) is 18.3 Å². The molecule has 2 fully saturated rings. The van der Waals surface area contributed by atoms with E-state index in [2.05, 4.69) is 9.72 Å². The Bertz CT molecular complexity index is 685. The number of pyridine rings is 1. The van der Waals surface area contributed by atoms with Gasteiger partial charge in [0.05, 0.1) is 29.5 Å². The standard InChI is InChI=1S/C19H25F3N2O4/c1-2-27-12-18(26)7-5-17(6-8-18)9-10-24(16(17)25)14-3-4-15(23-11-14)28-13-19(20,21)22/h3-4,11,26H,2,5-10,12-13H2,1H3/t17-,18+. The van der Waals surface area contributed by atoms with Crippen molar-refractivity contribution in [2.45, 2.75) is 50.8 Å². The van der Waals surface area contributed by atoms with E-state index in [-0.39, 0.29) is 18.4 Å². The predicted octanol–water partition coefficient (Wildman–Crippen LogP) is 3.09. The minimum Gasteiger partial charge on any atom is -0.468 e. The fraction of sp³-hybridized carbons (Fsp3) is 0.684. The molecule has 0 unspecified atom stereocenters. The SMILES string of the molecule is CCOC[C@]1(O)CC[C@]2(CCN(c3ccc(OCC(F)(F)F)nc3)C2=O)CC1. The average Bonchev–Trinajstić information content (AvgIpc) is 2.98. The molecule has 1 saturated heterocycles. The van der Waals surface area contributed by atoms with E-state index < -0.39 is 23.8 Å². The van der Waals surface area contributed by atoms with Crippen LogP contribution in [0.1, 0.15) is 39.0 Å². The van der Waals surface area contributed by atoms with Crippen LogP contribution in [-0.2, 0) is 9.53 Å². The Labute approximate surface area is 161 Å². The Morgan fingerprint density at radius 1 is 1.21 bits per heavy atom. The van der Waals surface area contributed by atoms with Crippen molar-refractivity contribution in [1.29, 1.82) is 0 Å². The summed E-state index contributed by atoms with van der Waals surface area (Å²) in [5, 5.41) is 10.6. The van der Waals surface area contributed by atoms with Crippen molar-refractivity contribution < 1.29 is 32.5 Å². The quantitative estimate of drug-likeness (QED) is 0.792. The molecule has 6 nitrogen and oxygen atoms in total. The van der Waals surface area contributed by atoms with Gasteiger partial charge in [-0.2, -0.15) is 13.2 Å². The number of carbonyl (C=O) groups excluding carboxylic acids is 1. The maximum absolute atomic E-state index is 13.1. The highest BCUT2D eigenvalue weighted by Gasteiger charge is 2.51. The number of amides is 1. The average molecular weight is 402 g/mol. The van der Waals surface area contributed by atoms with Gasteiger partial charge in [0, 0.05) is 19.2 Å². The lowest BCUT2D eigenvalue weighted by atomic mass is 9.68. The van der Waals surface area contributed by atoms with E-state index in [4.69, 9.17) is 4.74 Å². The third-order valence-corrected chi connectivity index (χ3v) is 5.64. The summed E-state index contributed by atoms with van der Waals surface area (Å²) in [6.07, 6.45) is -0.190. The lowest BCUT2D eigenvalue weighted by Gasteiger charge is -2.40. The van der Waals surface area contributed by atoms with E-state index in [0.29, 0.717) is 50.9 Å². The second-order valence-corrected chi connectivity index (χ2v) is 7.61. The van der Waals surface area contributed by atoms with Crippen molar-refractivity contribution >= 4 is 11.6 Å². The minimum atomic E-state index is -4.43. The summed E-state index contributed by atoms with van der Waals surface area (Å²) in [6, 6.07) is 2.88. The molecule has 156 valence electrons. The van der Waals surface area contributed by atoms with Crippen LogP contribution in [-0.4, -0.2) is 54.1 Å². The molecule has 0 radical (unpaired) electrons. The summed E-state index contributed by atoms with van der Waals surface area (Å²) in [5.74, 6) is -0.155. The Morgan fingerprint density at radius 2 is 1.93 bits per heavy atom. The van der Waals surface area contributed by atoms with Crippen LogP contribution in [0.3, 0.4) is 0 Å². The van der Waals surface area contributed by atoms with E-state index in [1.807, 2.05) is 6.92 Å². The summed E-state index contributed by atoms with van der Waals surface area (Å²) in [6.45, 7) is 1.80. The van der Waals surface area contributed by atoms with Crippen molar-refractivity contribution in [1.82, 2.24) is 4.98 Å². The van der Waals surface area contributed by atoms with E-state index in [1.165, 1.54) is 12.3 Å². The number of rotatable bonds is 6. The molecule has 2 heterocycles. The van der Waals surface area contributed by atoms with Gasteiger partial charge in [0.1, 0.15) is 0 Å². The van der Waals surface area contributed by atoms with Crippen LogP contribution >= 0.6 is 0 Å². The number of nitrogens with zero attached hydrogens (tertiary/aromatic N) is 2. The Kier molecular flexibility index (Phi) is 5.86. The van der Waals surface area contributed by atoms with Crippen molar-refractivity contribution in [3.63, 3.8) is 0 Å². The topological polar surface area (TPSA) is 71.9 Å². The molecule has 1 aromatic rings. The van der Waals surface area contributed by atoms with Crippen molar-refractivity contribution in [2.24, 2.45) is 5.41 Å². The van der Waals surface area contributed by atoms with Crippen molar-refractivity contribution in [3.05, 3.63) is 18.3 Å². The zero-order chi connectivity index (χ0) is 20.4. The molecule has 28 heavy (non-hydrogen) atoms. The molecule has 3 rings (SSSR count). The highest BCUT2D eigenvalue weighted by Crippen LogP contribution is 2.48. The first kappa shape index (κ1) is 20.9. The van der Waals surface area contributed by atoms with Crippen LogP contribution in [0, 0.1) is 5.41 Å². The van der Waals surface area contributed by atoms with Gasteiger partial charge in [-0.05, 0) is 45.1 Å². The highest BCUT2D eigenvalue weighted by atomic mass is 19.4. The molecule has 2 aliphatic rings. The molecule has 0 atom stereocenters. The number of carbonyl (C=O) groups is 1. The molecule has 1 saturated carbocycles. The van der Waals surface area contributed by atoms with Crippen molar-refractivity contribution in [3.8, 4) is 5.88 Å². The monoisotopic (exact) mass is 402 g/mol. The molecule has 1 N–H and O–H groups in total. The highest BCUT2D eigenvalue weighted by molar-refractivity contribution is 5.99. The van der Waals surface area contributed by atoms with E-state index in [0.717, 1.165) is 0 Å². The number of ether oxygens (including phenoxy) is 2. The fourth-order valence-corrected chi connectivity index (χ4v) is 3.93. The Hall–Kier alpha value is -1.87. The number of hydrogen-bond acceptors (Lipinski definition) is 5. The van der Waals surface area contributed by atoms with E-state index >= 15 is 0 Å². The van der Waals surface area contributed by atoms with Gasteiger partial charge in [-0.15, -0.1) is 0 Å². The van der Waals surface area contributed by atoms with Crippen LogP contribution < -0.4 is 9.64 Å². The van der Waals surface area contributed by atoms with Crippen LogP contribution in [0.5, 0.6) is 5.88 Å². The number of hydrogen-bond donors (Lipinski definition) is 1. The van der Waals surface area contributed by atoms with Gasteiger partial charge in [0.25, 0.3) is 0 Å². The normalized spacial score (nSPS) is 28.2. The molecule has 1 spiro atoms. The molecule has 0 bridgehead atoms. The number of aliphatic hydroxyl groups is 1. The number of halogens is 3. The number of aromatic nitrogens is 1. The summed E-state index contributed by atoms with van der Waals surface area (Å²) >= 11 is 0. The molecule has 0 aromatic carbocycles. The van der Waals surface area contributed by atoms with Gasteiger partial charge in [0.2, 0.25) is 11.8 Å². The zero-order valence-corrected chi connectivity index (χ0v) is 15.8. The number of alkyl halides is 3. The Morgan fingerprint density at radius 3 is 2.50 bits per heavy atom. The maximum atomic E-state index is 13.1. The zero-order valence-electron chi connectivity index (χ0n) is 15.8. The summed E-state index contributed by atoms with van der Waals surface area (Å²) < 4.78 is 46.6. The minimum absolute atomic E-state index is 0.0169. The van der Waals surface area contributed by atoms with Gasteiger partial charge in [0.15, 0.2) is 6.61 Å². The first-order valence-electron chi connectivity index (χ1n) is 9.44. The largest absolute Gasteiger partial charge is 0.468 e. The van der Waals surface area contributed by atoms with Gasteiger partial charge in [-0.1, -0.05) is 0 Å². The third-order valence-electron chi connectivity index (χ3n) is 5.64. The maximum Gasteiger partial charge on any atom is 0.422 e. The van der Waals surface area contributed by atoms with E-state index in [1.54, 1.807) is 11.0 Å². The van der Waals surface area contributed by atoms with E-state index in [9.17, 15) is 23.1 Å². The lowest BCUT2D eigenvalue weighted by Crippen LogP contribution is -2.45. The van der Waals surface area contributed by atoms with Crippen molar-refractivity contribution in [2.75, 3.05) is 31.3 Å². The first-order valence-corrected chi connectivity index (χ1v) is 9.44. The second kappa shape index (κ2) is 7.87. The van der Waals surface area contributed by atoms with Crippen LogP contribution in [0.25, 0.3) is 0 Å². The molecular formula is C19H25F3N2O4. The Balaban J connectivity index is 1.61. The summed E-state index contributed by atoms with van der Waals surface area (Å²) in [5.41, 5.74) is -0.839. The molecule has 1 amide bonds. The van der Waals surface area contributed by atoms with Crippen LogP contribution in [0.2, 0.25) is 0 Å². The first-order chi connectivity index (χ1) is 13.2. The molecule has 1 aromatic heterocycles. The molecular weight excluding hydrogens is 377 g/mol. The molecule has 1 aliphatic heterocycles. The number of anilines is 1.